The molecular weight excluding hydrogens is 504 g/mol. The molecule has 0 bridgehead atoms. The molecule has 0 fully saturated rings. The molecule has 2 N–H and O–H groups in total. The number of carbonyl (C=O) groups excluding carboxylic acids is 3. The number of rotatable bonds is 12. The van der Waals surface area contributed by atoms with Crippen molar-refractivity contribution in [3.8, 4) is 11.5 Å². The number of phenols is 2. The molecule has 2 aromatic carbocycles. The minimum Gasteiger partial charge on any atom is -0.507 e. The second-order valence-corrected chi connectivity index (χ2v) is 8.94. The van der Waals surface area contributed by atoms with Gasteiger partial charge in [0.15, 0.2) is 5.78 Å². The summed E-state index contributed by atoms with van der Waals surface area (Å²) in [7, 11) is 2.23. The molecule has 0 aromatic heterocycles. The maximum atomic E-state index is 13.4. The number of aromatic hydroxyl groups is 2. The molecule has 0 unspecified atom stereocenters. The first-order chi connectivity index (χ1) is 16.3. The van der Waals surface area contributed by atoms with Gasteiger partial charge in [0.2, 0.25) is 0 Å². The lowest BCUT2D eigenvalue weighted by Gasteiger charge is -2.17. The van der Waals surface area contributed by atoms with Gasteiger partial charge in [0, 0.05) is 10.0 Å². The van der Waals surface area contributed by atoms with Crippen molar-refractivity contribution in [3.05, 3.63) is 56.6 Å². The van der Waals surface area contributed by atoms with Crippen molar-refractivity contribution in [1.82, 2.24) is 0 Å². The maximum absolute atomic E-state index is 13.4. The van der Waals surface area contributed by atoms with Crippen molar-refractivity contribution in [2.75, 3.05) is 14.2 Å². The molecule has 34 heavy (non-hydrogen) atoms. The number of unbranched alkanes of at least 4 members (excludes halogenated alkanes) is 6. The number of ether oxygens (including phenoxy) is 2. The summed E-state index contributed by atoms with van der Waals surface area (Å²) >= 11 is 3.27. The second-order valence-electron chi connectivity index (χ2n) is 8.03. The number of carbonyl (C=O) groups is 3. The van der Waals surface area contributed by atoms with Gasteiger partial charge in [-0.1, -0.05) is 61.4 Å². The van der Waals surface area contributed by atoms with Gasteiger partial charge in [0.25, 0.3) is 0 Å². The van der Waals surface area contributed by atoms with Crippen molar-refractivity contribution in [2.24, 2.45) is 0 Å². The van der Waals surface area contributed by atoms with E-state index < -0.39 is 34.6 Å². The number of ketones is 1. The van der Waals surface area contributed by atoms with Crippen LogP contribution in [0.25, 0.3) is 0 Å². The van der Waals surface area contributed by atoms with E-state index in [1.165, 1.54) is 37.5 Å². The summed E-state index contributed by atoms with van der Waals surface area (Å²) in [6.07, 6.45) is 7.77. The van der Waals surface area contributed by atoms with E-state index in [4.69, 9.17) is 9.47 Å². The standard InChI is InChI=1S/C26H31BrO7/c1-4-5-6-7-8-9-10-11-16-14-19(24(30)18-15-17(27)12-13-20(18)28)21(25(31)33-2)22(23(16)29)26(32)34-3/h12-15,28-29H,4-11H2,1-3H3. The molecule has 2 rings (SSSR count). The molecule has 0 atom stereocenters. The van der Waals surface area contributed by atoms with E-state index in [1.807, 2.05) is 0 Å². The highest BCUT2D eigenvalue weighted by atomic mass is 79.9. The lowest BCUT2D eigenvalue weighted by molar-refractivity contribution is 0.0550. The third kappa shape index (κ3) is 6.59. The largest absolute Gasteiger partial charge is 0.507 e. The summed E-state index contributed by atoms with van der Waals surface area (Å²) < 4.78 is 10.2. The van der Waals surface area contributed by atoms with Crippen LogP contribution in [0.4, 0.5) is 0 Å². The highest BCUT2D eigenvalue weighted by Gasteiger charge is 2.32. The minimum absolute atomic E-state index is 0.0668. The Kier molecular flexibility index (Phi) is 10.6. The van der Waals surface area contributed by atoms with Crippen molar-refractivity contribution >= 4 is 33.7 Å². The van der Waals surface area contributed by atoms with E-state index in [0.717, 1.165) is 39.9 Å². The topological polar surface area (TPSA) is 110 Å². The first kappa shape index (κ1) is 27.4. The fourth-order valence-corrected chi connectivity index (χ4v) is 4.18. The molecule has 184 valence electrons. The van der Waals surface area contributed by atoms with Crippen LogP contribution in [0, 0.1) is 0 Å². The van der Waals surface area contributed by atoms with Gasteiger partial charge < -0.3 is 19.7 Å². The van der Waals surface area contributed by atoms with Gasteiger partial charge in [-0.15, -0.1) is 0 Å². The predicted molar refractivity (Wildman–Crippen MR) is 132 cm³/mol. The molecule has 0 spiro atoms. The average Bonchev–Trinajstić information content (AvgIpc) is 2.83. The highest BCUT2D eigenvalue weighted by molar-refractivity contribution is 9.10. The van der Waals surface area contributed by atoms with Gasteiger partial charge in [-0.2, -0.15) is 0 Å². The van der Waals surface area contributed by atoms with Gasteiger partial charge in [0.1, 0.15) is 17.1 Å². The van der Waals surface area contributed by atoms with Gasteiger partial charge in [-0.3, -0.25) is 4.79 Å². The molecule has 0 radical (unpaired) electrons. The van der Waals surface area contributed by atoms with Crippen LogP contribution in [0.2, 0.25) is 0 Å². The number of esters is 2. The number of methoxy groups -OCH3 is 2. The second kappa shape index (κ2) is 13.1. The van der Waals surface area contributed by atoms with Crippen LogP contribution in [-0.4, -0.2) is 42.2 Å². The summed E-state index contributed by atoms with van der Waals surface area (Å²) in [5.41, 5.74) is -0.703. The molecule has 0 saturated carbocycles. The average molecular weight is 535 g/mol. The molecule has 0 saturated heterocycles. The van der Waals surface area contributed by atoms with Gasteiger partial charge in [-0.05, 0) is 42.7 Å². The third-order valence-corrected chi connectivity index (χ3v) is 6.15. The smallest absolute Gasteiger partial charge is 0.342 e. The van der Waals surface area contributed by atoms with Crippen molar-refractivity contribution < 1.29 is 34.1 Å². The summed E-state index contributed by atoms with van der Waals surface area (Å²) in [6, 6.07) is 5.72. The van der Waals surface area contributed by atoms with Gasteiger partial charge >= 0.3 is 11.9 Å². The Bertz CT molecular complexity index is 1050. The van der Waals surface area contributed by atoms with Crippen LogP contribution in [-0.2, 0) is 15.9 Å². The Morgan fingerprint density at radius 2 is 1.41 bits per heavy atom. The number of hydrogen-bond acceptors (Lipinski definition) is 7. The van der Waals surface area contributed by atoms with E-state index >= 15 is 0 Å². The van der Waals surface area contributed by atoms with E-state index in [9.17, 15) is 24.6 Å². The van der Waals surface area contributed by atoms with Crippen LogP contribution in [0.15, 0.2) is 28.7 Å². The Morgan fingerprint density at radius 1 is 0.824 bits per heavy atom. The van der Waals surface area contributed by atoms with E-state index in [0.29, 0.717) is 16.5 Å². The van der Waals surface area contributed by atoms with Gasteiger partial charge in [-0.25, -0.2) is 9.59 Å². The Labute approximate surface area is 208 Å². The molecule has 8 heteroatoms. The first-order valence-electron chi connectivity index (χ1n) is 11.3. The molecule has 0 aliphatic rings. The Balaban J connectivity index is 2.54. The number of phenolic OH excluding ortho intramolecular Hbond substituents is 2. The molecule has 0 amide bonds. The highest BCUT2D eigenvalue weighted by Crippen LogP contribution is 2.35. The summed E-state index contributed by atoms with van der Waals surface area (Å²) in [4.78, 5) is 38.7. The maximum Gasteiger partial charge on any atom is 0.342 e. The van der Waals surface area contributed by atoms with E-state index in [-0.39, 0.29) is 16.9 Å². The van der Waals surface area contributed by atoms with Crippen LogP contribution >= 0.6 is 15.9 Å². The predicted octanol–water partition coefficient (Wildman–Crippen LogP) is 5.96. The lowest BCUT2D eigenvalue weighted by Crippen LogP contribution is -2.19. The number of aryl methyl sites for hydroxylation is 1. The molecule has 0 heterocycles. The fourth-order valence-electron chi connectivity index (χ4n) is 3.82. The first-order valence-corrected chi connectivity index (χ1v) is 12.1. The molecule has 7 nitrogen and oxygen atoms in total. The lowest BCUT2D eigenvalue weighted by atomic mass is 9.89. The van der Waals surface area contributed by atoms with Crippen molar-refractivity contribution in [1.29, 1.82) is 0 Å². The minimum atomic E-state index is -0.976. The summed E-state index contributed by atoms with van der Waals surface area (Å²) in [5, 5.41) is 21.2. The van der Waals surface area contributed by atoms with E-state index in [2.05, 4.69) is 22.9 Å². The number of halogens is 1. The quantitative estimate of drug-likeness (QED) is 0.196. The number of benzene rings is 2. The van der Waals surface area contributed by atoms with Crippen molar-refractivity contribution in [3.63, 3.8) is 0 Å². The van der Waals surface area contributed by atoms with Crippen LogP contribution in [0.3, 0.4) is 0 Å². The number of hydrogen-bond donors (Lipinski definition) is 2. The monoisotopic (exact) mass is 534 g/mol. The zero-order valence-electron chi connectivity index (χ0n) is 19.8. The normalized spacial score (nSPS) is 10.7. The van der Waals surface area contributed by atoms with Crippen molar-refractivity contribution in [2.45, 2.75) is 58.3 Å². The summed E-state index contributed by atoms with van der Waals surface area (Å²) in [6.45, 7) is 2.16. The molecular formula is C26H31BrO7. The summed E-state index contributed by atoms with van der Waals surface area (Å²) in [5.74, 6) is -3.33. The molecule has 0 aliphatic heterocycles. The fraction of sp³-hybridized carbons (Fsp3) is 0.423. The SMILES string of the molecule is CCCCCCCCCc1cc(C(=O)c2cc(Br)ccc2O)c(C(=O)OC)c(C(=O)OC)c1O. The van der Waals surface area contributed by atoms with Crippen LogP contribution in [0.1, 0.15) is 94.1 Å². The zero-order chi connectivity index (χ0) is 25.3. The Hall–Kier alpha value is -2.87. The molecule has 2 aromatic rings. The Morgan fingerprint density at radius 3 is 2.03 bits per heavy atom. The zero-order valence-corrected chi connectivity index (χ0v) is 21.4. The van der Waals surface area contributed by atoms with Crippen LogP contribution < -0.4 is 0 Å². The molecule has 0 aliphatic carbocycles. The van der Waals surface area contributed by atoms with Crippen LogP contribution in [0.5, 0.6) is 11.5 Å². The van der Waals surface area contributed by atoms with E-state index in [1.54, 1.807) is 6.07 Å². The third-order valence-electron chi connectivity index (χ3n) is 5.66. The van der Waals surface area contributed by atoms with Gasteiger partial charge in [0.05, 0.1) is 25.3 Å².